The third kappa shape index (κ3) is 3.79. The van der Waals surface area contributed by atoms with Gasteiger partial charge in [-0.1, -0.05) is 24.6 Å². The van der Waals surface area contributed by atoms with Crippen LogP contribution in [0.5, 0.6) is 0 Å². The summed E-state index contributed by atoms with van der Waals surface area (Å²) in [7, 11) is 0. The molecule has 2 atom stereocenters. The first kappa shape index (κ1) is 16.2. The van der Waals surface area contributed by atoms with Crippen LogP contribution in [0.3, 0.4) is 0 Å². The third-order valence-corrected chi connectivity index (χ3v) is 5.94. The van der Waals surface area contributed by atoms with Gasteiger partial charge < -0.3 is 9.32 Å². The molecule has 1 aromatic heterocycles. The van der Waals surface area contributed by atoms with Gasteiger partial charge in [-0.2, -0.15) is 11.8 Å². The van der Waals surface area contributed by atoms with E-state index in [-0.39, 0.29) is 5.91 Å². The average Bonchev–Trinajstić information content (AvgIpc) is 3.00. The van der Waals surface area contributed by atoms with Crippen LogP contribution in [-0.2, 0) is 10.5 Å². The predicted octanol–water partition coefficient (Wildman–Crippen LogP) is 3.21. The van der Waals surface area contributed by atoms with Gasteiger partial charge in [0.1, 0.15) is 0 Å². The van der Waals surface area contributed by atoms with Crippen LogP contribution < -0.4 is 0 Å². The maximum absolute atomic E-state index is 12.6. The van der Waals surface area contributed by atoms with Crippen LogP contribution in [-0.4, -0.2) is 45.6 Å². The summed E-state index contributed by atoms with van der Waals surface area (Å²) in [5.41, 5.74) is 0. The van der Waals surface area contributed by atoms with Crippen molar-refractivity contribution < 1.29 is 9.21 Å². The minimum absolute atomic E-state index is 0.228. The molecule has 0 spiro atoms. The number of nitrogens with zero attached hydrogens (tertiary/aromatic N) is 3. The van der Waals surface area contributed by atoms with Gasteiger partial charge in [0, 0.05) is 12.6 Å². The number of thioether (sulfide) groups is 2. The monoisotopic (exact) mass is 341 g/mol. The molecule has 7 heteroatoms. The van der Waals surface area contributed by atoms with Crippen LogP contribution in [0.4, 0.5) is 0 Å². The summed E-state index contributed by atoms with van der Waals surface area (Å²) < 4.78 is 5.52. The number of carbonyl (C=O) groups excluding carboxylic acids is 1. The third-order valence-electron chi connectivity index (χ3n) is 4.60. The van der Waals surface area contributed by atoms with Crippen LogP contribution >= 0.6 is 23.5 Å². The van der Waals surface area contributed by atoms with Gasteiger partial charge in [-0.3, -0.25) is 4.79 Å². The summed E-state index contributed by atoms with van der Waals surface area (Å²) in [4.78, 5) is 14.7. The van der Waals surface area contributed by atoms with Crippen molar-refractivity contribution in [3.05, 3.63) is 5.89 Å². The molecule has 0 N–H and O–H groups in total. The minimum Gasteiger partial charge on any atom is -0.415 e. The van der Waals surface area contributed by atoms with Crippen molar-refractivity contribution in [2.45, 2.75) is 55.5 Å². The van der Waals surface area contributed by atoms with E-state index >= 15 is 0 Å². The lowest BCUT2D eigenvalue weighted by Crippen LogP contribution is -2.50. The molecule has 2 aliphatic rings. The Balaban J connectivity index is 1.54. The van der Waals surface area contributed by atoms with Gasteiger partial charge >= 0.3 is 0 Å². The number of hydrogen-bond donors (Lipinski definition) is 0. The largest absolute Gasteiger partial charge is 0.415 e. The maximum atomic E-state index is 12.6. The van der Waals surface area contributed by atoms with E-state index in [2.05, 4.69) is 15.1 Å². The maximum Gasteiger partial charge on any atom is 0.277 e. The summed E-state index contributed by atoms with van der Waals surface area (Å²) in [5, 5.41) is 8.48. The summed E-state index contributed by atoms with van der Waals surface area (Å²) >= 11 is 3.01. The predicted molar refractivity (Wildman–Crippen MR) is 88.9 cm³/mol. The lowest BCUT2D eigenvalue weighted by atomic mass is 9.78. The lowest BCUT2D eigenvalue weighted by Gasteiger charge is -2.44. The molecule has 22 heavy (non-hydrogen) atoms. The number of hydrogen-bond acceptors (Lipinski definition) is 6. The summed E-state index contributed by atoms with van der Waals surface area (Å²) in [6.07, 6.45) is 9.51. The Hall–Kier alpha value is -0.690. The second-order valence-corrected chi connectivity index (χ2v) is 7.82. The fourth-order valence-electron chi connectivity index (χ4n) is 3.62. The second kappa shape index (κ2) is 7.73. The highest BCUT2D eigenvalue weighted by atomic mass is 32.2. The summed E-state index contributed by atoms with van der Waals surface area (Å²) in [5.74, 6) is 2.72. The highest BCUT2D eigenvalue weighted by molar-refractivity contribution is 7.99. The van der Waals surface area contributed by atoms with Crippen molar-refractivity contribution in [2.75, 3.05) is 18.6 Å². The van der Waals surface area contributed by atoms with E-state index in [1.807, 2.05) is 6.26 Å². The number of likely N-dealkylation sites (tertiary alicyclic amines) is 1. The highest BCUT2D eigenvalue weighted by Crippen LogP contribution is 2.35. The SMILES string of the molecule is CSCc1nnc(SCC(=O)N2CCCC3CCCCC32)o1. The summed E-state index contributed by atoms with van der Waals surface area (Å²) in [6.45, 7) is 0.919. The van der Waals surface area contributed by atoms with Crippen LogP contribution in [0.2, 0.25) is 0 Å². The van der Waals surface area contributed by atoms with Gasteiger partial charge in [0.25, 0.3) is 5.22 Å². The van der Waals surface area contributed by atoms with E-state index in [0.717, 1.165) is 24.6 Å². The van der Waals surface area contributed by atoms with E-state index in [1.54, 1.807) is 11.8 Å². The normalized spacial score (nSPS) is 25.0. The molecule has 3 rings (SSSR count). The van der Waals surface area contributed by atoms with Crippen molar-refractivity contribution in [1.29, 1.82) is 0 Å². The molecule has 0 aromatic carbocycles. The molecular weight excluding hydrogens is 318 g/mol. The Morgan fingerprint density at radius 1 is 1.27 bits per heavy atom. The highest BCUT2D eigenvalue weighted by Gasteiger charge is 2.35. The Morgan fingerprint density at radius 2 is 2.09 bits per heavy atom. The molecule has 2 heterocycles. The Kier molecular flexibility index (Phi) is 5.68. The topological polar surface area (TPSA) is 59.2 Å². The number of piperidine rings is 1. The molecule has 1 saturated carbocycles. The van der Waals surface area contributed by atoms with Crippen molar-refractivity contribution in [3.63, 3.8) is 0 Å². The number of carbonyl (C=O) groups is 1. The molecule has 5 nitrogen and oxygen atoms in total. The van der Waals surface area contributed by atoms with Gasteiger partial charge in [0.2, 0.25) is 11.8 Å². The molecule has 122 valence electrons. The Morgan fingerprint density at radius 3 is 2.95 bits per heavy atom. The molecule has 0 bridgehead atoms. The van der Waals surface area contributed by atoms with E-state index in [4.69, 9.17) is 4.42 Å². The van der Waals surface area contributed by atoms with Gasteiger partial charge in [-0.25, -0.2) is 0 Å². The molecule has 1 aromatic rings. The van der Waals surface area contributed by atoms with E-state index in [1.165, 1.54) is 43.9 Å². The van der Waals surface area contributed by atoms with Gasteiger partial charge in [-0.05, 0) is 37.9 Å². The van der Waals surface area contributed by atoms with E-state index < -0.39 is 0 Å². The van der Waals surface area contributed by atoms with Crippen molar-refractivity contribution >= 4 is 29.4 Å². The number of amides is 1. The first-order valence-electron chi connectivity index (χ1n) is 8.01. The van der Waals surface area contributed by atoms with Crippen LogP contribution in [0, 0.1) is 5.92 Å². The van der Waals surface area contributed by atoms with Crippen molar-refractivity contribution in [3.8, 4) is 0 Å². The lowest BCUT2D eigenvalue weighted by molar-refractivity contribution is -0.134. The minimum atomic E-state index is 0.228. The molecular formula is C15H23N3O2S2. The molecule has 0 radical (unpaired) electrons. The molecule has 2 fully saturated rings. The molecule has 2 unspecified atom stereocenters. The zero-order valence-corrected chi connectivity index (χ0v) is 14.6. The molecule has 1 amide bonds. The number of aromatic nitrogens is 2. The van der Waals surface area contributed by atoms with Crippen LogP contribution in [0.1, 0.15) is 44.4 Å². The summed E-state index contributed by atoms with van der Waals surface area (Å²) in [6, 6.07) is 0.477. The quantitative estimate of drug-likeness (QED) is 0.767. The zero-order chi connectivity index (χ0) is 15.4. The molecule has 1 aliphatic heterocycles. The first-order chi connectivity index (χ1) is 10.8. The fourth-order valence-corrected chi connectivity index (χ4v) is 4.65. The first-order valence-corrected chi connectivity index (χ1v) is 10.4. The standard InChI is InChI=1S/C15H23N3O2S2/c1-21-9-13-16-17-15(20-13)22-10-14(19)18-8-4-6-11-5-2-3-7-12(11)18/h11-12H,2-10H2,1H3. The molecule has 1 saturated heterocycles. The van der Waals surface area contributed by atoms with Crippen LogP contribution in [0.25, 0.3) is 0 Å². The van der Waals surface area contributed by atoms with Gasteiger partial charge in [0.15, 0.2) is 0 Å². The van der Waals surface area contributed by atoms with Gasteiger partial charge in [0.05, 0.1) is 11.5 Å². The van der Waals surface area contributed by atoms with Gasteiger partial charge in [-0.15, -0.1) is 10.2 Å². The molecule has 1 aliphatic carbocycles. The van der Waals surface area contributed by atoms with E-state index in [9.17, 15) is 4.79 Å². The number of fused-ring (bicyclic) bond motifs is 1. The average molecular weight is 342 g/mol. The van der Waals surface area contributed by atoms with Crippen LogP contribution in [0.15, 0.2) is 9.64 Å². The van der Waals surface area contributed by atoms with E-state index in [0.29, 0.717) is 22.9 Å². The number of rotatable bonds is 5. The second-order valence-electron chi connectivity index (χ2n) is 6.02. The fraction of sp³-hybridized carbons (Fsp3) is 0.800. The van der Waals surface area contributed by atoms with Crippen molar-refractivity contribution in [1.82, 2.24) is 15.1 Å². The van der Waals surface area contributed by atoms with Crippen molar-refractivity contribution in [2.24, 2.45) is 5.92 Å². The Labute approximate surface area is 140 Å². The Bertz CT molecular complexity index is 507. The smallest absolute Gasteiger partial charge is 0.277 e. The zero-order valence-electron chi connectivity index (χ0n) is 13.0.